The topological polar surface area (TPSA) is 38.0 Å². The number of thioether (sulfide) groups is 1. The SMILES string of the molecule is CC1SCCC1(CN)Nc1cc(Cl)cc(C(F)(F)F)c1. The van der Waals surface area contributed by atoms with Crippen LogP contribution in [0.1, 0.15) is 18.9 Å². The van der Waals surface area contributed by atoms with Crippen LogP contribution in [0.3, 0.4) is 0 Å². The Bertz CT molecular complexity index is 495. The van der Waals surface area contributed by atoms with Gasteiger partial charge in [-0.1, -0.05) is 18.5 Å². The summed E-state index contributed by atoms with van der Waals surface area (Å²) in [6.45, 7) is 2.40. The monoisotopic (exact) mass is 324 g/mol. The summed E-state index contributed by atoms with van der Waals surface area (Å²) >= 11 is 7.55. The molecule has 1 aliphatic heterocycles. The highest BCUT2D eigenvalue weighted by molar-refractivity contribution is 8.00. The zero-order valence-corrected chi connectivity index (χ0v) is 12.5. The van der Waals surface area contributed by atoms with E-state index < -0.39 is 11.7 Å². The summed E-state index contributed by atoms with van der Waals surface area (Å²) in [5.41, 5.74) is 5.07. The number of halogens is 4. The van der Waals surface area contributed by atoms with Crippen LogP contribution in [0.25, 0.3) is 0 Å². The molecule has 0 aliphatic carbocycles. The lowest BCUT2D eigenvalue weighted by Crippen LogP contribution is -2.49. The van der Waals surface area contributed by atoms with Crippen molar-refractivity contribution in [1.82, 2.24) is 0 Å². The summed E-state index contributed by atoms with van der Waals surface area (Å²) in [7, 11) is 0. The van der Waals surface area contributed by atoms with Crippen molar-refractivity contribution in [2.45, 2.75) is 30.3 Å². The molecule has 0 spiro atoms. The number of hydrogen-bond donors (Lipinski definition) is 2. The molecule has 2 atom stereocenters. The first kappa shape index (κ1) is 15.8. The second kappa shape index (κ2) is 5.66. The van der Waals surface area contributed by atoms with Gasteiger partial charge in [-0.15, -0.1) is 0 Å². The predicted octanol–water partition coefficient (Wildman–Crippen LogP) is 3.99. The first-order chi connectivity index (χ1) is 9.27. The van der Waals surface area contributed by atoms with Crippen LogP contribution in [0.5, 0.6) is 0 Å². The van der Waals surface area contributed by atoms with Gasteiger partial charge in [-0.2, -0.15) is 24.9 Å². The van der Waals surface area contributed by atoms with E-state index in [9.17, 15) is 13.2 Å². The first-order valence-electron chi connectivity index (χ1n) is 6.24. The fourth-order valence-corrected chi connectivity index (χ4v) is 4.04. The summed E-state index contributed by atoms with van der Waals surface area (Å²) in [5.74, 6) is 0.943. The van der Waals surface area contributed by atoms with E-state index in [4.69, 9.17) is 17.3 Å². The van der Waals surface area contributed by atoms with E-state index in [1.807, 2.05) is 6.92 Å². The molecule has 1 heterocycles. The van der Waals surface area contributed by atoms with Crippen LogP contribution in [-0.2, 0) is 6.18 Å². The van der Waals surface area contributed by atoms with Gasteiger partial charge in [0.1, 0.15) is 0 Å². The molecule has 7 heteroatoms. The van der Waals surface area contributed by atoms with Crippen LogP contribution in [-0.4, -0.2) is 23.1 Å². The number of rotatable bonds is 3. The van der Waals surface area contributed by atoms with Crippen LogP contribution in [0.15, 0.2) is 18.2 Å². The Hall–Kier alpha value is -0.590. The molecule has 0 aromatic heterocycles. The van der Waals surface area contributed by atoms with Crippen molar-refractivity contribution >= 4 is 29.1 Å². The van der Waals surface area contributed by atoms with E-state index in [1.165, 1.54) is 6.07 Å². The molecule has 0 radical (unpaired) electrons. The van der Waals surface area contributed by atoms with Crippen LogP contribution in [0, 0.1) is 0 Å². The molecule has 1 aliphatic rings. The minimum Gasteiger partial charge on any atom is -0.377 e. The van der Waals surface area contributed by atoms with Crippen molar-refractivity contribution in [2.24, 2.45) is 5.73 Å². The van der Waals surface area contributed by atoms with Gasteiger partial charge in [0.05, 0.1) is 11.1 Å². The summed E-state index contributed by atoms with van der Waals surface area (Å²) in [6.07, 6.45) is -3.59. The molecular weight excluding hydrogens is 309 g/mol. The van der Waals surface area contributed by atoms with Gasteiger partial charge in [0.2, 0.25) is 0 Å². The number of benzene rings is 1. The Morgan fingerprint density at radius 1 is 1.45 bits per heavy atom. The molecular formula is C13H16ClF3N2S. The minimum absolute atomic E-state index is 0.0628. The van der Waals surface area contributed by atoms with Crippen molar-refractivity contribution in [3.63, 3.8) is 0 Å². The van der Waals surface area contributed by atoms with Crippen molar-refractivity contribution in [3.05, 3.63) is 28.8 Å². The Labute approximate surface area is 125 Å². The molecule has 0 amide bonds. The predicted molar refractivity (Wildman–Crippen MR) is 78.4 cm³/mol. The third-order valence-corrected chi connectivity index (χ3v) is 5.29. The van der Waals surface area contributed by atoms with Crippen molar-refractivity contribution < 1.29 is 13.2 Å². The summed E-state index contributed by atoms with van der Waals surface area (Å²) in [5, 5.41) is 3.48. The fourth-order valence-electron chi connectivity index (χ4n) is 2.38. The van der Waals surface area contributed by atoms with Crippen LogP contribution in [0.2, 0.25) is 5.02 Å². The standard InChI is InChI=1S/C13H16ClF3N2S/c1-8-12(7-18,2-3-20-8)19-11-5-9(13(15,16)17)4-10(14)6-11/h4-6,8,19H,2-3,7,18H2,1H3. The summed E-state index contributed by atoms with van der Waals surface area (Å²) in [4.78, 5) is 0. The van der Waals surface area contributed by atoms with E-state index in [0.717, 1.165) is 24.3 Å². The number of alkyl halides is 3. The molecule has 1 fully saturated rings. The fraction of sp³-hybridized carbons (Fsp3) is 0.538. The largest absolute Gasteiger partial charge is 0.416 e. The quantitative estimate of drug-likeness (QED) is 0.882. The highest BCUT2D eigenvalue weighted by Gasteiger charge is 2.40. The zero-order chi connectivity index (χ0) is 15.0. The van der Waals surface area contributed by atoms with Crippen molar-refractivity contribution in [1.29, 1.82) is 0 Å². The highest BCUT2D eigenvalue weighted by Crippen LogP contribution is 2.39. The van der Waals surface area contributed by atoms with Gasteiger partial charge in [-0.3, -0.25) is 0 Å². The molecule has 1 aromatic carbocycles. The maximum atomic E-state index is 12.8. The second-order valence-corrected chi connectivity index (χ2v) is 6.86. The lowest BCUT2D eigenvalue weighted by atomic mass is 9.92. The molecule has 2 nitrogen and oxygen atoms in total. The maximum Gasteiger partial charge on any atom is 0.416 e. The van der Waals surface area contributed by atoms with E-state index >= 15 is 0 Å². The van der Waals surface area contributed by atoms with Gasteiger partial charge >= 0.3 is 6.18 Å². The van der Waals surface area contributed by atoms with E-state index in [2.05, 4.69) is 5.32 Å². The Balaban J connectivity index is 2.31. The molecule has 3 N–H and O–H groups in total. The van der Waals surface area contributed by atoms with E-state index in [1.54, 1.807) is 11.8 Å². The van der Waals surface area contributed by atoms with Gasteiger partial charge < -0.3 is 11.1 Å². The average Bonchev–Trinajstić information content (AvgIpc) is 2.69. The molecule has 1 aromatic rings. The average molecular weight is 325 g/mol. The van der Waals surface area contributed by atoms with Gasteiger partial charge in [0.15, 0.2) is 0 Å². The van der Waals surface area contributed by atoms with Crippen molar-refractivity contribution in [3.8, 4) is 0 Å². The molecule has 0 bridgehead atoms. The Morgan fingerprint density at radius 2 is 2.15 bits per heavy atom. The summed E-state index contributed by atoms with van der Waals surface area (Å²) < 4.78 is 38.4. The zero-order valence-electron chi connectivity index (χ0n) is 10.9. The molecule has 2 unspecified atom stereocenters. The molecule has 20 heavy (non-hydrogen) atoms. The van der Waals surface area contributed by atoms with Gasteiger partial charge in [0.25, 0.3) is 0 Å². The van der Waals surface area contributed by atoms with Gasteiger partial charge in [0, 0.05) is 22.5 Å². The van der Waals surface area contributed by atoms with Gasteiger partial charge in [-0.05, 0) is 30.4 Å². The molecule has 112 valence electrons. The molecule has 2 rings (SSSR count). The van der Waals surface area contributed by atoms with Gasteiger partial charge in [-0.25, -0.2) is 0 Å². The second-order valence-electron chi connectivity index (χ2n) is 4.97. The third-order valence-electron chi connectivity index (χ3n) is 3.68. The van der Waals surface area contributed by atoms with Crippen molar-refractivity contribution in [2.75, 3.05) is 17.6 Å². The van der Waals surface area contributed by atoms with E-state index in [0.29, 0.717) is 12.2 Å². The number of hydrogen-bond acceptors (Lipinski definition) is 3. The maximum absolute atomic E-state index is 12.8. The number of nitrogens with one attached hydrogen (secondary N) is 1. The number of nitrogens with two attached hydrogens (primary N) is 1. The van der Waals surface area contributed by atoms with E-state index in [-0.39, 0.29) is 15.8 Å². The highest BCUT2D eigenvalue weighted by atomic mass is 35.5. The lowest BCUT2D eigenvalue weighted by molar-refractivity contribution is -0.137. The lowest BCUT2D eigenvalue weighted by Gasteiger charge is -2.34. The smallest absolute Gasteiger partial charge is 0.377 e. The Morgan fingerprint density at radius 3 is 2.65 bits per heavy atom. The minimum atomic E-state index is -4.41. The molecule has 0 saturated carbocycles. The van der Waals surface area contributed by atoms with Crippen LogP contribution < -0.4 is 11.1 Å². The van der Waals surface area contributed by atoms with Crippen LogP contribution in [0.4, 0.5) is 18.9 Å². The van der Waals surface area contributed by atoms with Crippen LogP contribution >= 0.6 is 23.4 Å². The first-order valence-corrected chi connectivity index (χ1v) is 7.67. The Kier molecular flexibility index (Phi) is 4.47. The number of anilines is 1. The third kappa shape index (κ3) is 3.18. The normalized spacial score (nSPS) is 26.8. The molecule has 1 saturated heterocycles. The summed E-state index contributed by atoms with van der Waals surface area (Å²) in [6, 6.07) is 3.51.